The maximum atomic E-state index is 0. The fraction of sp³-hybridized carbons (Fsp3) is 0. The molecule has 0 unspecified atom stereocenters. The van der Waals surface area contributed by atoms with Crippen LogP contribution in [0.5, 0.6) is 0 Å². The van der Waals surface area contributed by atoms with Gasteiger partial charge in [0.2, 0.25) is 0 Å². The second-order valence-electron chi connectivity index (χ2n) is 0. The van der Waals surface area contributed by atoms with Gasteiger partial charge < -0.3 is 11.0 Å². The predicted octanol–water partition coefficient (Wildman–Crippen LogP) is -1.01. The minimum Gasteiger partial charge on any atom is -2.00 e. The third kappa shape index (κ3) is 85.8. The van der Waals surface area contributed by atoms with Gasteiger partial charge in [0.05, 0.1) is 0 Å². The first kappa shape index (κ1) is 137. The average Bonchev–Trinajstić information content (AvgIpc) is 0. The first-order chi connectivity index (χ1) is 0. The Hall–Kier alpha value is 3.45. The minimum absolute atomic E-state index is 0. The summed E-state index contributed by atoms with van der Waals surface area (Å²) in [6.45, 7) is 0. The molecule has 0 aliphatic heterocycles. The molecule has 0 aliphatic rings. The van der Waals surface area contributed by atoms with Crippen LogP contribution in [-0.4, -0.2) is 34.7 Å². The second-order valence-corrected chi connectivity index (χ2v) is 0. The summed E-state index contributed by atoms with van der Waals surface area (Å²) in [6, 6.07) is 0. The zero-order valence-electron chi connectivity index (χ0n) is 3.55. The van der Waals surface area contributed by atoms with Crippen LogP contribution in [0.2, 0.25) is 0 Å². The Morgan fingerprint density at radius 3 is 0.333 bits per heavy atom. The largest absolute Gasteiger partial charge is 2.00 e. The summed E-state index contributed by atoms with van der Waals surface area (Å²) in [4.78, 5) is 0. The van der Waals surface area contributed by atoms with Crippen LogP contribution in [0.3, 0.4) is 0 Å². The van der Waals surface area contributed by atoms with E-state index in [4.69, 9.17) is 0 Å². The zero-order valence-corrected chi connectivity index (χ0v) is 10.8. The number of hydrogen-bond donors (Lipinski definition) is 0. The third-order valence-electron chi connectivity index (χ3n) is 0. The van der Waals surface area contributed by atoms with Crippen LogP contribution in [0.25, 0.3) is 0 Å². The molecule has 0 amide bonds. The van der Waals surface area contributed by atoms with Crippen molar-refractivity contribution in [3.8, 4) is 0 Å². The molecule has 9 heavy (non-hydrogen) atoms. The van der Waals surface area contributed by atoms with Gasteiger partial charge in [0, 0.05) is 34.7 Å². The van der Waals surface area contributed by atoms with Crippen molar-refractivity contribution in [3.63, 3.8) is 0 Å². The van der Waals surface area contributed by atoms with Gasteiger partial charge in [0.25, 0.3) is 0 Å². The molecule has 0 spiro atoms. The van der Waals surface area contributed by atoms with E-state index >= 15 is 0 Å². The molecule has 0 aromatic heterocycles. The van der Waals surface area contributed by atoms with Gasteiger partial charge in [-0.15, -0.1) is 0 Å². The van der Waals surface area contributed by atoms with Crippen molar-refractivity contribution in [1.29, 1.82) is 0 Å². The second kappa shape index (κ2) is 105. The number of rotatable bonds is 0. The van der Waals surface area contributed by atoms with Crippen molar-refractivity contribution in [2.24, 2.45) is 0 Å². The summed E-state index contributed by atoms with van der Waals surface area (Å²) in [5, 5.41) is 0. The van der Waals surface area contributed by atoms with Gasteiger partial charge in [-0.3, -0.25) is 0 Å². The van der Waals surface area contributed by atoms with Gasteiger partial charge in [-0.05, 0) is 0 Å². The van der Waals surface area contributed by atoms with Crippen LogP contribution in [0.4, 0.5) is 0 Å². The molecule has 0 fully saturated rings. The maximum Gasteiger partial charge on any atom is 2.00 e. The fourth-order valence-electron chi connectivity index (χ4n) is 0. The molecule has 9 heteroatoms. The molecule has 0 atom stereocenters. The Labute approximate surface area is 126 Å². The molecule has 0 saturated heterocycles. The van der Waals surface area contributed by atoms with E-state index in [2.05, 4.69) is 0 Å². The van der Waals surface area contributed by atoms with E-state index in [0.29, 0.717) is 0 Å². The molecule has 0 aromatic rings. The molecule has 62 valence electrons. The standard InChI is InChI=1S/2Al.5Ni.2O/q;;5*+2;2*-2. The molecule has 6 radical (unpaired) electrons. The van der Waals surface area contributed by atoms with Crippen LogP contribution in [0, 0.1) is 0 Å². The zero-order chi connectivity index (χ0) is 0. The molecule has 0 saturated carbocycles. The summed E-state index contributed by atoms with van der Waals surface area (Å²) >= 11 is 0. The van der Waals surface area contributed by atoms with Crippen molar-refractivity contribution in [1.82, 2.24) is 0 Å². The van der Waals surface area contributed by atoms with E-state index in [9.17, 15) is 0 Å². The fourth-order valence-corrected chi connectivity index (χ4v) is 0. The van der Waals surface area contributed by atoms with E-state index in [1.807, 2.05) is 0 Å². The van der Waals surface area contributed by atoms with Gasteiger partial charge >= 0.3 is 82.5 Å². The van der Waals surface area contributed by atoms with Crippen LogP contribution >= 0.6 is 0 Å². The summed E-state index contributed by atoms with van der Waals surface area (Å²) in [6.07, 6.45) is 0. The van der Waals surface area contributed by atoms with Crippen molar-refractivity contribution in [2.75, 3.05) is 0 Å². The molecule has 0 aromatic carbocycles. The Bertz CT molecular complexity index is 12.9. The molecular weight excluding hydrogens is 379 g/mol. The SMILES string of the molecule is [Al].[Al].[Ni+2].[Ni+2].[Ni+2].[Ni+2].[Ni+2].[O-2].[O-2]. The monoisotopic (exact) mass is 376 g/mol. The van der Waals surface area contributed by atoms with E-state index in [1.165, 1.54) is 0 Å². The average molecular weight is 379 g/mol. The summed E-state index contributed by atoms with van der Waals surface area (Å²) in [5.41, 5.74) is 0. The Kier molecular flexibility index (Phi) is 1600. The van der Waals surface area contributed by atoms with Crippen LogP contribution < -0.4 is 0 Å². The van der Waals surface area contributed by atoms with Gasteiger partial charge in [0.15, 0.2) is 0 Å². The van der Waals surface area contributed by atoms with E-state index in [-0.39, 0.29) is 128 Å². The Morgan fingerprint density at radius 1 is 0.333 bits per heavy atom. The van der Waals surface area contributed by atoms with Gasteiger partial charge in [-0.25, -0.2) is 0 Å². The molecule has 0 heterocycles. The number of hydrogen-bond acceptors (Lipinski definition) is 0. The van der Waals surface area contributed by atoms with E-state index < -0.39 is 0 Å². The van der Waals surface area contributed by atoms with Crippen molar-refractivity contribution < 1.29 is 93.4 Å². The summed E-state index contributed by atoms with van der Waals surface area (Å²) < 4.78 is 0. The first-order valence-corrected chi connectivity index (χ1v) is 0. The van der Waals surface area contributed by atoms with E-state index in [1.54, 1.807) is 0 Å². The Morgan fingerprint density at radius 2 is 0.333 bits per heavy atom. The predicted molar refractivity (Wildman–Crippen MR) is 12.9 cm³/mol. The normalized spacial score (nSPS) is 0. The maximum absolute atomic E-state index is 0. The summed E-state index contributed by atoms with van der Waals surface area (Å²) in [7, 11) is 0. The molecule has 0 rings (SSSR count). The van der Waals surface area contributed by atoms with Crippen molar-refractivity contribution >= 4 is 34.7 Å². The smallest absolute Gasteiger partial charge is 2.00 e. The molecule has 0 N–H and O–H groups in total. The molecule has 0 aliphatic carbocycles. The van der Waals surface area contributed by atoms with Crippen molar-refractivity contribution in [3.05, 3.63) is 0 Å². The molecular formula is Al2Ni5O2+6. The molecule has 0 bridgehead atoms. The summed E-state index contributed by atoms with van der Waals surface area (Å²) in [5.74, 6) is 0. The quantitative estimate of drug-likeness (QED) is 0.485. The van der Waals surface area contributed by atoms with Gasteiger partial charge in [-0.2, -0.15) is 0 Å². The van der Waals surface area contributed by atoms with Crippen molar-refractivity contribution in [2.45, 2.75) is 0 Å². The van der Waals surface area contributed by atoms with E-state index in [0.717, 1.165) is 0 Å². The Balaban J connectivity index is 0. The van der Waals surface area contributed by atoms with Crippen LogP contribution in [-0.2, 0) is 93.4 Å². The van der Waals surface area contributed by atoms with Gasteiger partial charge in [-0.1, -0.05) is 0 Å². The first-order valence-electron chi connectivity index (χ1n) is 0. The molecule has 2 nitrogen and oxygen atoms in total. The minimum atomic E-state index is 0. The van der Waals surface area contributed by atoms with Gasteiger partial charge in [0.1, 0.15) is 0 Å². The third-order valence-corrected chi connectivity index (χ3v) is 0. The topological polar surface area (TPSA) is 57.0 Å². The van der Waals surface area contributed by atoms with Crippen LogP contribution in [0.1, 0.15) is 0 Å². The van der Waals surface area contributed by atoms with Crippen LogP contribution in [0.15, 0.2) is 0 Å².